The molecule has 0 aromatic heterocycles. The van der Waals surface area contributed by atoms with Crippen LogP contribution in [0.15, 0.2) is 24.3 Å². The molecule has 0 radical (unpaired) electrons. The van der Waals surface area contributed by atoms with Crippen LogP contribution in [0, 0.1) is 0 Å². The fourth-order valence-electron chi connectivity index (χ4n) is 2.46. The molecular weight excluding hydrogens is 260 g/mol. The van der Waals surface area contributed by atoms with Gasteiger partial charge in [-0.1, -0.05) is 17.2 Å². The number of amides is 3. The van der Waals surface area contributed by atoms with Crippen LogP contribution >= 0.6 is 0 Å². The molecule has 2 heterocycles. The molecular formula is C14H14N2O4. The van der Waals surface area contributed by atoms with Crippen molar-refractivity contribution in [2.75, 3.05) is 13.1 Å². The molecule has 0 atom stereocenters. The smallest absolute Gasteiger partial charge is 0.310 e. The Balaban J connectivity index is 1.74. The zero-order valence-electron chi connectivity index (χ0n) is 10.9. The number of hydroxylamine groups is 2. The van der Waals surface area contributed by atoms with E-state index < -0.39 is 17.9 Å². The van der Waals surface area contributed by atoms with E-state index in [1.165, 1.54) is 4.90 Å². The highest BCUT2D eigenvalue weighted by Crippen LogP contribution is 2.23. The third-order valence-electron chi connectivity index (χ3n) is 3.54. The van der Waals surface area contributed by atoms with E-state index in [9.17, 15) is 14.4 Å². The van der Waals surface area contributed by atoms with Gasteiger partial charge in [0, 0.05) is 13.1 Å². The molecule has 20 heavy (non-hydrogen) atoms. The van der Waals surface area contributed by atoms with Gasteiger partial charge >= 0.3 is 6.09 Å². The van der Waals surface area contributed by atoms with Gasteiger partial charge in [-0.25, -0.2) is 4.79 Å². The van der Waals surface area contributed by atoms with Crippen LogP contribution in [0.1, 0.15) is 40.0 Å². The first kappa shape index (κ1) is 12.7. The highest BCUT2D eigenvalue weighted by atomic mass is 16.7. The molecule has 0 bridgehead atoms. The lowest BCUT2D eigenvalue weighted by Crippen LogP contribution is -2.42. The van der Waals surface area contributed by atoms with Crippen molar-refractivity contribution in [3.8, 4) is 0 Å². The number of rotatable bonds is 1. The fraction of sp³-hybridized carbons (Fsp3) is 0.357. The summed E-state index contributed by atoms with van der Waals surface area (Å²) < 4.78 is 0. The molecule has 3 rings (SSSR count). The number of hydrogen-bond acceptors (Lipinski definition) is 4. The summed E-state index contributed by atoms with van der Waals surface area (Å²) in [6.07, 6.45) is 2.27. The van der Waals surface area contributed by atoms with E-state index in [-0.39, 0.29) is 11.1 Å². The number of imide groups is 1. The largest absolute Gasteiger partial charge is 0.434 e. The number of piperidine rings is 1. The first-order chi connectivity index (χ1) is 9.68. The summed E-state index contributed by atoms with van der Waals surface area (Å²) in [4.78, 5) is 42.5. The van der Waals surface area contributed by atoms with Crippen LogP contribution < -0.4 is 0 Å². The molecule has 6 nitrogen and oxygen atoms in total. The van der Waals surface area contributed by atoms with Crippen LogP contribution in [0.2, 0.25) is 0 Å². The molecule has 1 fully saturated rings. The van der Waals surface area contributed by atoms with Gasteiger partial charge in [0.2, 0.25) is 0 Å². The Bertz CT molecular complexity index is 543. The van der Waals surface area contributed by atoms with E-state index in [1.54, 1.807) is 24.3 Å². The molecule has 6 heteroatoms. The van der Waals surface area contributed by atoms with E-state index in [4.69, 9.17) is 4.84 Å². The van der Waals surface area contributed by atoms with Crippen molar-refractivity contribution in [3.05, 3.63) is 35.4 Å². The molecule has 0 N–H and O–H groups in total. The van der Waals surface area contributed by atoms with E-state index in [1.807, 2.05) is 0 Å². The maximum atomic E-state index is 12.0. The standard InChI is InChI=1S/C14H14N2O4/c17-12-10-6-2-3-7-11(10)13(18)16(12)20-14(19)15-8-4-1-5-9-15/h2-3,6-7H,1,4-5,8-9H2. The highest BCUT2D eigenvalue weighted by molar-refractivity contribution is 6.20. The van der Waals surface area contributed by atoms with Crippen LogP contribution in [0.25, 0.3) is 0 Å². The van der Waals surface area contributed by atoms with Gasteiger partial charge in [-0.3, -0.25) is 9.59 Å². The number of likely N-dealkylation sites (tertiary alicyclic amines) is 1. The molecule has 0 unspecified atom stereocenters. The molecule has 3 amide bonds. The number of nitrogens with zero attached hydrogens (tertiary/aromatic N) is 2. The van der Waals surface area contributed by atoms with Crippen molar-refractivity contribution >= 4 is 17.9 Å². The maximum Gasteiger partial charge on any atom is 0.434 e. The van der Waals surface area contributed by atoms with Gasteiger partial charge < -0.3 is 9.74 Å². The molecule has 0 saturated carbocycles. The van der Waals surface area contributed by atoms with E-state index in [0.29, 0.717) is 18.2 Å². The monoisotopic (exact) mass is 274 g/mol. The zero-order valence-corrected chi connectivity index (χ0v) is 10.9. The predicted octanol–water partition coefficient (Wildman–Crippen LogP) is 1.82. The van der Waals surface area contributed by atoms with Crippen LogP contribution in [-0.2, 0) is 4.84 Å². The van der Waals surface area contributed by atoms with Crippen LogP contribution in [0.3, 0.4) is 0 Å². The Morgan fingerprint density at radius 2 is 1.50 bits per heavy atom. The first-order valence-corrected chi connectivity index (χ1v) is 6.63. The number of fused-ring (bicyclic) bond motifs is 1. The summed E-state index contributed by atoms with van der Waals surface area (Å²) in [5.41, 5.74) is 0.535. The summed E-state index contributed by atoms with van der Waals surface area (Å²) in [5, 5.41) is 0.557. The van der Waals surface area contributed by atoms with Gasteiger partial charge in [-0.05, 0) is 31.4 Å². The summed E-state index contributed by atoms with van der Waals surface area (Å²) in [6, 6.07) is 6.43. The highest BCUT2D eigenvalue weighted by Gasteiger charge is 2.39. The fourth-order valence-corrected chi connectivity index (χ4v) is 2.46. The van der Waals surface area contributed by atoms with E-state index in [2.05, 4.69) is 0 Å². The quantitative estimate of drug-likeness (QED) is 0.733. The number of hydrogen-bond donors (Lipinski definition) is 0. The molecule has 104 valence electrons. The third-order valence-corrected chi connectivity index (χ3v) is 3.54. The minimum Gasteiger partial charge on any atom is -0.310 e. The average molecular weight is 274 g/mol. The Morgan fingerprint density at radius 1 is 0.950 bits per heavy atom. The van der Waals surface area contributed by atoms with Crippen LogP contribution in [0.5, 0.6) is 0 Å². The Hall–Kier alpha value is -2.37. The second-order valence-electron chi connectivity index (χ2n) is 4.86. The maximum absolute atomic E-state index is 12.0. The van der Waals surface area contributed by atoms with Crippen LogP contribution in [0.4, 0.5) is 4.79 Å². The van der Waals surface area contributed by atoms with Crippen molar-refractivity contribution in [1.29, 1.82) is 0 Å². The van der Waals surface area contributed by atoms with Gasteiger partial charge in [-0.2, -0.15) is 0 Å². The Morgan fingerprint density at radius 3 is 2.05 bits per heavy atom. The number of benzene rings is 1. The van der Waals surface area contributed by atoms with Gasteiger partial charge in [0.05, 0.1) is 11.1 Å². The predicted molar refractivity (Wildman–Crippen MR) is 68.8 cm³/mol. The normalized spacial score (nSPS) is 18.2. The van der Waals surface area contributed by atoms with Gasteiger partial charge in [-0.15, -0.1) is 0 Å². The third kappa shape index (κ3) is 2.03. The van der Waals surface area contributed by atoms with Crippen molar-refractivity contribution in [3.63, 3.8) is 0 Å². The topological polar surface area (TPSA) is 66.9 Å². The summed E-state index contributed by atoms with van der Waals surface area (Å²) in [6.45, 7) is 1.20. The number of carbonyl (C=O) groups is 3. The second-order valence-corrected chi connectivity index (χ2v) is 4.86. The Labute approximate surface area is 115 Å². The molecule has 0 aliphatic carbocycles. The zero-order chi connectivity index (χ0) is 14.1. The summed E-state index contributed by atoms with van der Waals surface area (Å²) in [5.74, 6) is -1.17. The molecule has 1 aromatic carbocycles. The first-order valence-electron chi connectivity index (χ1n) is 6.63. The minimum atomic E-state index is -0.640. The summed E-state index contributed by atoms with van der Waals surface area (Å²) >= 11 is 0. The van der Waals surface area contributed by atoms with E-state index in [0.717, 1.165) is 19.3 Å². The molecule has 1 saturated heterocycles. The number of carbonyl (C=O) groups excluding carboxylic acids is 3. The molecule has 0 spiro atoms. The van der Waals surface area contributed by atoms with Crippen molar-refractivity contribution in [2.24, 2.45) is 0 Å². The van der Waals surface area contributed by atoms with Crippen LogP contribution in [-0.4, -0.2) is 41.0 Å². The lowest BCUT2D eigenvalue weighted by Gasteiger charge is -2.26. The van der Waals surface area contributed by atoms with Gasteiger partial charge in [0.1, 0.15) is 0 Å². The van der Waals surface area contributed by atoms with Crippen molar-refractivity contribution in [1.82, 2.24) is 9.96 Å². The molecule has 2 aliphatic heterocycles. The van der Waals surface area contributed by atoms with Crippen molar-refractivity contribution in [2.45, 2.75) is 19.3 Å². The molecule has 1 aromatic rings. The Kier molecular flexibility index (Phi) is 3.14. The van der Waals surface area contributed by atoms with Gasteiger partial charge in [0.25, 0.3) is 11.8 Å². The van der Waals surface area contributed by atoms with Gasteiger partial charge in [0.15, 0.2) is 0 Å². The lowest BCUT2D eigenvalue weighted by molar-refractivity contribution is -0.0584. The SMILES string of the molecule is O=C(ON1C(=O)c2ccccc2C1=O)N1CCCCC1. The second kappa shape index (κ2) is 4.96. The molecule has 2 aliphatic rings. The average Bonchev–Trinajstić information content (AvgIpc) is 2.74. The van der Waals surface area contributed by atoms with E-state index >= 15 is 0 Å². The van der Waals surface area contributed by atoms with Crippen molar-refractivity contribution < 1.29 is 19.2 Å². The summed E-state index contributed by atoms with van der Waals surface area (Å²) in [7, 11) is 0. The minimum absolute atomic E-state index is 0.268. The lowest BCUT2D eigenvalue weighted by atomic mass is 10.1.